The molecule has 1 rings (SSSR count). The lowest BCUT2D eigenvalue weighted by molar-refractivity contribution is 0.0923. The summed E-state index contributed by atoms with van der Waals surface area (Å²) >= 11 is 4.66. The third-order valence-corrected chi connectivity index (χ3v) is 5.06. The zero-order chi connectivity index (χ0) is 13.3. The van der Waals surface area contributed by atoms with Crippen LogP contribution in [0.2, 0.25) is 0 Å². The zero-order valence-corrected chi connectivity index (χ0v) is 12.3. The van der Waals surface area contributed by atoms with Gasteiger partial charge in [0.05, 0.1) is 4.99 Å². The monoisotopic (exact) mass is 279 g/mol. The second-order valence-corrected chi connectivity index (χ2v) is 7.77. The summed E-state index contributed by atoms with van der Waals surface area (Å²) in [4.78, 5) is 2.31. The van der Waals surface area contributed by atoms with Crippen molar-refractivity contribution in [1.82, 2.24) is 9.21 Å². The fraction of sp³-hybridized carbons (Fsp3) is 0.900. The highest BCUT2D eigenvalue weighted by atomic mass is 32.2. The fourth-order valence-corrected chi connectivity index (χ4v) is 3.62. The molecule has 0 unspecified atom stereocenters. The van der Waals surface area contributed by atoms with Crippen LogP contribution < -0.4 is 5.73 Å². The number of hydrogen-bond donors (Lipinski definition) is 1. The van der Waals surface area contributed by atoms with Gasteiger partial charge < -0.3 is 5.73 Å². The van der Waals surface area contributed by atoms with E-state index in [1.807, 2.05) is 0 Å². The van der Waals surface area contributed by atoms with E-state index in [-0.39, 0.29) is 16.3 Å². The molecule has 0 bridgehead atoms. The van der Waals surface area contributed by atoms with Crippen LogP contribution in [0.5, 0.6) is 0 Å². The molecule has 0 radical (unpaired) electrons. The molecule has 0 aromatic rings. The summed E-state index contributed by atoms with van der Waals surface area (Å²) in [5.74, 6) is -0.224. The van der Waals surface area contributed by atoms with E-state index in [0.29, 0.717) is 13.1 Å². The molecule has 1 saturated heterocycles. The fourth-order valence-electron chi connectivity index (χ4n) is 1.91. The molecule has 0 amide bonds. The van der Waals surface area contributed by atoms with Crippen molar-refractivity contribution in [3.8, 4) is 0 Å². The topological polar surface area (TPSA) is 66.6 Å². The molecule has 0 spiro atoms. The molecule has 7 heteroatoms. The minimum absolute atomic E-state index is 0.0308. The lowest BCUT2D eigenvalue weighted by Crippen LogP contribution is -2.55. The Bertz CT molecular complexity index is 379. The van der Waals surface area contributed by atoms with E-state index < -0.39 is 10.0 Å². The number of nitrogens with two attached hydrogens (primary N) is 1. The molecule has 1 fully saturated rings. The van der Waals surface area contributed by atoms with Crippen molar-refractivity contribution in [3.05, 3.63) is 0 Å². The Morgan fingerprint density at radius 1 is 1.24 bits per heavy atom. The predicted molar refractivity (Wildman–Crippen MR) is 73.5 cm³/mol. The van der Waals surface area contributed by atoms with Gasteiger partial charge in [0.15, 0.2) is 0 Å². The lowest BCUT2D eigenvalue weighted by atomic mass is 10.1. The molecule has 0 aromatic carbocycles. The number of piperazine rings is 1. The maximum atomic E-state index is 11.9. The quantitative estimate of drug-likeness (QED) is 0.738. The maximum Gasteiger partial charge on any atom is 0.220 e. The van der Waals surface area contributed by atoms with Crippen LogP contribution in [0.4, 0.5) is 0 Å². The Morgan fingerprint density at radius 2 is 1.71 bits per heavy atom. The first kappa shape index (κ1) is 14.8. The van der Waals surface area contributed by atoms with Gasteiger partial charge in [0.1, 0.15) is 5.75 Å². The normalized spacial score (nSPS) is 20.4. The number of nitrogens with zero attached hydrogens (tertiary/aromatic N) is 2. The Hall–Kier alpha value is -0.240. The number of hydrogen-bond acceptors (Lipinski definition) is 4. The maximum absolute atomic E-state index is 11.9. The van der Waals surface area contributed by atoms with Crippen LogP contribution in [0.3, 0.4) is 0 Å². The van der Waals surface area contributed by atoms with Crippen LogP contribution in [0.1, 0.15) is 20.8 Å². The van der Waals surface area contributed by atoms with Crippen LogP contribution in [-0.4, -0.2) is 60.1 Å². The van der Waals surface area contributed by atoms with Crippen molar-refractivity contribution >= 4 is 27.2 Å². The Kier molecular flexibility index (Phi) is 4.51. The van der Waals surface area contributed by atoms with Crippen molar-refractivity contribution < 1.29 is 8.42 Å². The van der Waals surface area contributed by atoms with Gasteiger partial charge in [-0.25, -0.2) is 8.42 Å². The minimum Gasteiger partial charge on any atom is -0.392 e. The van der Waals surface area contributed by atoms with Crippen molar-refractivity contribution in [2.24, 2.45) is 5.73 Å². The van der Waals surface area contributed by atoms with Crippen molar-refractivity contribution in [2.75, 3.05) is 31.9 Å². The average molecular weight is 279 g/mol. The summed E-state index contributed by atoms with van der Waals surface area (Å²) in [5, 5.41) is 0. The Balaban J connectivity index is 2.61. The van der Waals surface area contributed by atoms with E-state index >= 15 is 0 Å². The van der Waals surface area contributed by atoms with Gasteiger partial charge in [0, 0.05) is 31.7 Å². The molecule has 100 valence electrons. The van der Waals surface area contributed by atoms with Gasteiger partial charge in [-0.15, -0.1) is 0 Å². The van der Waals surface area contributed by atoms with E-state index in [4.69, 9.17) is 5.73 Å². The molecule has 5 nitrogen and oxygen atoms in total. The first-order chi connectivity index (χ1) is 7.63. The molecule has 0 atom stereocenters. The number of rotatable bonds is 3. The van der Waals surface area contributed by atoms with Gasteiger partial charge in [-0.1, -0.05) is 12.2 Å². The SMILES string of the molecule is CC(C)(C)N1CCN(S(=O)(=O)CC(N)=S)CC1. The molecule has 0 saturated carbocycles. The van der Waals surface area contributed by atoms with Crippen LogP contribution in [0.25, 0.3) is 0 Å². The highest BCUT2D eigenvalue weighted by Gasteiger charge is 2.31. The first-order valence-electron chi connectivity index (χ1n) is 5.64. The van der Waals surface area contributed by atoms with Gasteiger partial charge in [0.2, 0.25) is 10.0 Å². The van der Waals surface area contributed by atoms with Gasteiger partial charge in [-0.3, -0.25) is 4.90 Å². The van der Waals surface area contributed by atoms with Crippen molar-refractivity contribution in [3.63, 3.8) is 0 Å². The van der Waals surface area contributed by atoms with Crippen molar-refractivity contribution in [1.29, 1.82) is 0 Å². The molecule has 2 N–H and O–H groups in total. The predicted octanol–water partition coefficient (Wildman–Crippen LogP) is 0.0184. The summed E-state index contributed by atoms with van der Waals surface area (Å²) < 4.78 is 25.3. The van der Waals surface area contributed by atoms with Crippen LogP contribution in [0.15, 0.2) is 0 Å². The Labute approximate surface area is 109 Å². The second-order valence-electron chi connectivity index (χ2n) is 5.28. The molecular weight excluding hydrogens is 258 g/mol. The van der Waals surface area contributed by atoms with Crippen LogP contribution in [0, 0.1) is 0 Å². The third kappa shape index (κ3) is 4.17. The smallest absolute Gasteiger partial charge is 0.220 e. The summed E-state index contributed by atoms with van der Waals surface area (Å²) in [5.41, 5.74) is 5.38. The molecule has 1 aliphatic heterocycles. The number of thiocarbonyl (C=S) groups is 1. The van der Waals surface area contributed by atoms with E-state index in [1.54, 1.807) is 0 Å². The largest absolute Gasteiger partial charge is 0.392 e. The average Bonchev–Trinajstić information content (AvgIpc) is 2.14. The van der Waals surface area contributed by atoms with Gasteiger partial charge in [-0.2, -0.15) is 4.31 Å². The van der Waals surface area contributed by atoms with Crippen LogP contribution >= 0.6 is 12.2 Å². The summed E-state index contributed by atoms with van der Waals surface area (Å²) in [7, 11) is -3.31. The lowest BCUT2D eigenvalue weighted by Gasteiger charge is -2.41. The first-order valence-corrected chi connectivity index (χ1v) is 7.66. The number of sulfonamides is 1. The van der Waals surface area contributed by atoms with Crippen molar-refractivity contribution in [2.45, 2.75) is 26.3 Å². The molecule has 0 aromatic heterocycles. The molecule has 1 heterocycles. The van der Waals surface area contributed by atoms with Gasteiger partial charge >= 0.3 is 0 Å². The summed E-state index contributed by atoms with van der Waals surface area (Å²) in [6, 6.07) is 0. The third-order valence-electron chi connectivity index (χ3n) is 2.91. The van der Waals surface area contributed by atoms with Gasteiger partial charge in [0.25, 0.3) is 0 Å². The van der Waals surface area contributed by atoms with E-state index in [0.717, 1.165) is 13.1 Å². The minimum atomic E-state index is -3.31. The van der Waals surface area contributed by atoms with Crippen LogP contribution in [-0.2, 0) is 10.0 Å². The highest BCUT2D eigenvalue weighted by molar-refractivity contribution is 7.92. The molecule has 0 aliphatic carbocycles. The molecule has 17 heavy (non-hydrogen) atoms. The van der Waals surface area contributed by atoms with E-state index in [1.165, 1.54) is 4.31 Å². The second kappa shape index (κ2) is 5.17. The van der Waals surface area contributed by atoms with E-state index in [2.05, 4.69) is 37.9 Å². The van der Waals surface area contributed by atoms with E-state index in [9.17, 15) is 8.42 Å². The highest BCUT2D eigenvalue weighted by Crippen LogP contribution is 2.17. The standard InChI is InChI=1S/C10H21N3O2S2/c1-10(2,3)12-4-6-13(7-5-12)17(14,15)8-9(11)16/h4-8H2,1-3H3,(H2,11,16). The Morgan fingerprint density at radius 3 is 2.06 bits per heavy atom. The van der Waals surface area contributed by atoms with Gasteiger partial charge in [-0.05, 0) is 20.8 Å². The summed E-state index contributed by atoms with van der Waals surface area (Å²) in [6.45, 7) is 8.93. The zero-order valence-electron chi connectivity index (χ0n) is 10.6. The molecule has 1 aliphatic rings. The summed E-state index contributed by atoms with van der Waals surface area (Å²) in [6.07, 6.45) is 0. The molecular formula is C10H21N3O2S2.